The Bertz CT molecular complexity index is 735. The van der Waals surface area contributed by atoms with Crippen LogP contribution in [-0.4, -0.2) is 35.8 Å². The molecule has 1 atom stereocenters. The Morgan fingerprint density at radius 3 is 2.40 bits per heavy atom. The largest absolute Gasteiger partial charge is 1.00 e. The van der Waals surface area contributed by atoms with E-state index >= 15 is 0 Å². The number of carbonyl (C=O) groups excluding carboxylic acids is 1. The van der Waals surface area contributed by atoms with Crippen molar-refractivity contribution in [3.8, 4) is 5.75 Å². The molecule has 0 heterocycles. The Hall–Kier alpha value is -1.51. The minimum atomic E-state index is -1.11. The number of hydrogen-bond donors (Lipinski definition) is 2. The summed E-state index contributed by atoms with van der Waals surface area (Å²) in [4.78, 5) is 27.0. The van der Waals surface area contributed by atoms with Crippen LogP contribution in [-0.2, 0) is 16.0 Å². The first kappa shape index (κ1) is 21.5. The van der Waals surface area contributed by atoms with Gasteiger partial charge in [-0.05, 0) is 11.1 Å². The molecule has 2 N–H and O–H groups in total. The minimum Gasteiger partial charge on any atom is -0.872 e. The Morgan fingerprint density at radius 2 is 1.76 bits per heavy atom. The van der Waals surface area contributed by atoms with E-state index in [9.17, 15) is 19.8 Å². The zero-order valence-electron chi connectivity index (χ0n) is 13.9. The van der Waals surface area contributed by atoms with Gasteiger partial charge < -0.3 is 15.5 Å². The van der Waals surface area contributed by atoms with Crippen LogP contribution in [0.5, 0.6) is 5.75 Å². The SMILES string of the molecule is O=C(CN=Cc1ccccc1[O-])N[C@H](Cc1ccccc1)C(=O)O.[K+]. The fourth-order valence-electron chi connectivity index (χ4n) is 2.10. The van der Waals surface area contributed by atoms with Gasteiger partial charge in [0.2, 0.25) is 5.91 Å². The number of nitrogens with zero attached hydrogens (tertiary/aromatic N) is 1. The molecule has 7 heteroatoms. The Morgan fingerprint density at radius 1 is 1.12 bits per heavy atom. The van der Waals surface area contributed by atoms with Gasteiger partial charge in [-0.2, -0.15) is 0 Å². The van der Waals surface area contributed by atoms with Gasteiger partial charge in [-0.15, -0.1) is 5.75 Å². The minimum absolute atomic E-state index is 0. The topological polar surface area (TPSA) is 102 Å². The second kappa shape index (κ2) is 11.2. The maximum Gasteiger partial charge on any atom is 1.00 e. The molecule has 0 spiro atoms. The van der Waals surface area contributed by atoms with E-state index in [1.807, 2.05) is 6.07 Å². The van der Waals surface area contributed by atoms with Crippen LogP contribution in [0.3, 0.4) is 0 Å². The van der Waals surface area contributed by atoms with E-state index in [0.717, 1.165) is 5.56 Å². The van der Waals surface area contributed by atoms with Crippen LogP contribution in [0.25, 0.3) is 0 Å². The van der Waals surface area contributed by atoms with E-state index in [4.69, 9.17) is 0 Å². The number of amides is 1. The number of benzene rings is 2. The molecular formula is C18H17KN2O4. The van der Waals surface area contributed by atoms with Gasteiger partial charge in [0.1, 0.15) is 12.6 Å². The van der Waals surface area contributed by atoms with Crippen molar-refractivity contribution in [2.75, 3.05) is 6.54 Å². The van der Waals surface area contributed by atoms with Crippen molar-refractivity contribution >= 4 is 18.1 Å². The van der Waals surface area contributed by atoms with E-state index in [2.05, 4.69) is 10.3 Å². The van der Waals surface area contributed by atoms with E-state index in [1.54, 1.807) is 42.5 Å². The average Bonchev–Trinajstić information content (AvgIpc) is 2.57. The molecule has 2 aromatic rings. The normalized spacial score (nSPS) is 11.5. The molecular weight excluding hydrogens is 347 g/mol. The first-order valence-corrected chi connectivity index (χ1v) is 7.38. The summed E-state index contributed by atoms with van der Waals surface area (Å²) in [5, 5.41) is 23.2. The van der Waals surface area contributed by atoms with Crippen molar-refractivity contribution < 1.29 is 71.2 Å². The van der Waals surface area contributed by atoms with E-state index < -0.39 is 17.9 Å². The second-order valence-electron chi connectivity index (χ2n) is 5.16. The fourth-order valence-corrected chi connectivity index (χ4v) is 2.10. The van der Waals surface area contributed by atoms with Crippen molar-refractivity contribution in [3.63, 3.8) is 0 Å². The molecule has 0 saturated heterocycles. The molecule has 0 aromatic heterocycles. The molecule has 0 bridgehead atoms. The molecule has 0 aliphatic carbocycles. The standard InChI is InChI=1S/C18H18N2O4.K/c21-16-9-5-4-8-14(16)11-19-12-17(22)20-15(18(23)24)10-13-6-2-1-3-7-13;/h1-9,11,15,21H,10,12H2,(H,20,22)(H,23,24);/q;+1/p-1/t15-;/m1./s1. The summed E-state index contributed by atoms with van der Waals surface area (Å²) in [7, 11) is 0. The third kappa shape index (κ3) is 7.49. The number of nitrogens with one attached hydrogen (secondary N) is 1. The van der Waals surface area contributed by atoms with Gasteiger partial charge in [0.05, 0.1) is 0 Å². The van der Waals surface area contributed by atoms with Gasteiger partial charge in [0.25, 0.3) is 0 Å². The van der Waals surface area contributed by atoms with Crippen LogP contribution in [0.15, 0.2) is 59.6 Å². The van der Waals surface area contributed by atoms with Gasteiger partial charge in [-0.1, -0.05) is 54.6 Å². The molecule has 0 aliphatic heterocycles. The van der Waals surface area contributed by atoms with Crippen LogP contribution >= 0.6 is 0 Å². The predicted molar refractivity (Wildman–Crippen MR) is 88.1 cm³/mol. The summed E-state index contributed by atoms with van der Waals surface area (Å²) in [5.41, 5.74) is 1.19. The van der Waals surface area contributed by atoms with Gasteiger partial charge in [-0.3, -0.25) is 9.79 Å². The van der Waals surface area contributed by atoms with Gasteiger partial charge in [0, 0.05) is 12.6 Å². The zero-order valence-corrected chi connectivity index (χ0v) is 17.0. The Balaban J connectivity index is 0.00000312. The van der Waals surface area contributed by atoms with Crippen molar-refractivity contribution in [3.05, 3.63) is 65.7 Å². The summed E-state index contributed by atoms with van der Waals surface area (Å²) < 4.78 is 0. The molecule has 0 aliphatic rings. The van der Waals surface area contributed by atoms with Gasteiger partial charge >= 0.3 is 57.4 Å². The monoisotopic (exact) mass is 364 g/mol. The third-order valence-electron chi connectivity index (χ3n) is 3.30. The summed E-state index contributed by atoms with van der Waals surface area (Å²) in [6.07, 6.45) is 1.50. The molecule has 2 aromatic carbocycles. The summed E-state index contributed by atoms with van der Waals surface area (Å²) in [5.74, 6) is -1.81. The number of aliphatic carboxylic acids is 1. The number of aliphatic imine (C=N–C) groups is 1. The smallest absolute Gasteiger partial charge is 0.872 e. The number of carboxylic acid groups (broad SMARTS) is 1. The summed E-state index contributed by atoms with van der Waals surface area (Å²) in [6, 6.07) is 14.3. The molecule has 0 fully saturated rings. The first-order chi connectivity index (χ1) is 11.6. The fraction of sp³-hybridized carbons (Fsp3) is 0.167. The maximum atomic E-state index is 11.9. The van der Waals surface area contributed by atoms with Crippen molar-refractivity contribution in [1.82, 2.24) is 5.32 Å². The Labute approximate surface area is 188 Å². The number of rotatable bonds is 7. The van der Waals surface area contributed by atoms with Crippen molar-refractivity contribution in [2.45, 2.75) is 12.5 Å². The van der Waals surface area contributed by atoms with E-state index in [-0.39, 0.29) is 70.1 Å². The van der Waals surface area contributed by atoms with Gasteiger partial charge in [-0.25, -0.2) is 4.79 Å². The molecule has 6 nitrogen and oxygen atoms in total. The maximum absolute atomic E-state index is 11.9. The molecule has 0 saturated carbocycles. The van der Waals surface area contributed by atoms with Gasteiger partial charge in [0.15, 0.2) is 0 Å². The van der Waals surface area contributed by atoms with Crippen LogP contribution < -0.4 is 61.8 Å². The molecule has 2 rings (SSSR count). The van der Waals surface area contributed by atoms with Crippen LogP contribution in [0.2, 0.25) is 0 Å². The molecule has 0 unspecified atom stereocenters. The van der Waals surface area contributed by atoms with Crippen LogP contribution in [0, 0.1) is 0 Å². The summed E-state index contributed by atoms with van der Waals surface area (Å²) >= 11 is 0. The quantitative estimate of drug-likeness (QED) is 0.438. The zero-order chi connectivity index (χ0) is 17.4. The number of carbonyl (C=O) groups is 2. The van der Waals surface area contributed by atoms with E-state index in [1.165, 1.54) is 12.3 Å². The second-order valence-corrected chi connectivity index (χ2v) is 5.16. The summed E-state index contributed by atoms with van der Waals surface area (Å²) in [6.45, 7) is -0.243. The average molecular weight is 364 g/mol. The molecule has 124 valence electrons. The van der Waals surface area contributed by atoms with E-state index in [0.29, 0.717) is 5.56 Å². The molecule has 25 heavy (non-hydrogen) atoms. The Kier molecular flexibility index (Phi) is 9.62. The van der Waals surface area contributed by atoms with Crippen molar-refractivity contribution in [2.24, 2.45) is 4.99 Å². The third-order valence-corrected chi connectivity index (χ3v) is 3.30. The van der Waals surface area contributed by atoms with Crippen molar-refractivity contribution in [1.29, 1.82) is 0 Å². The number of hydrogen-bond acceptors (Lipinski definition) is 4. The first-order valence-electron chi connectivity index (χ1n) is 7.38. The number of carboxylic acids is 1. The van der Waals surface area contributed by atoms with Crippen LogP contribution in [0.4, 0.5) is 0 Å². The van der Waals surface area contributed by atoms with Crippen LogP contribution in [0.1, 0.15) is 11.1 Å². The molecule has 0 radical (unpaired) electrons. The molecule has 1 amide bonds. The predicted octanol–water partition coefficient (Wildman–Crippen LogP) is -2.00. The number of para-hydroxylation sites is 1.